The molecule has 2 aromatic rings. The monoisotopic (exact) mass is 212 g/mol. The summed E-state index contributed by atoms with van der Waals surface area (Å²) < 4.78 is 0. The summed E-state index contributed by atoms with van der Waals surface area (Å²) in [5, 5.41) is 7.58. The molecule has 0 fully saturated rings. The Bertz CT molecular complexity index is 542. The van der Waals surface area contributed by atoms with Crippen molar-refractivity contribution in [2.24, 2.45) is 4.99 Å². The van der Waals surface area contributed by atoms with Gasteiger partial charge in [0.25, 0.3) is 0 Å². The fourth-order valence-corrected chi connectivity index (χ4v) is 1.81. The van der Waals surface area contributed by atoms with E-state index in [1.807, 2.05) is 24.3 Å². The van der Waals surface area contributed by atoms with Gasteiger partial charge in [0.05, 0.1) is 17.7 Å². The largest absolute Gasteiger partial charge is 0.354 e. The van der Waals surface area contributed by atoms with Crippen LogP contribution in [0.5, 0.6) is 0 Å². The highest BCUT2D eigenvalue weighted by molar-refractivity contribution is 6.02. The van der Waals surface area contributed by atoms with Crippen LogP contribution >= 0.6 is 0 Å². The number of anilines is 1. The summed E-state index contributed by atoms with van der Waals surface area (Å²) in [7, 11) is 0. The topological polar surface area (TPSA) is 49.3 Å². The lowest BCUT2D eigenvalue weighted by Gasteiger charge is -2.08. The van der Waals surface area contributed by atoms with E-state index in [-0.39, 0.29) is 0 Å². The zero-order chi connectivity index (χ0) is 10.8. The Morgan fingerprint density at radius 3 is 3.00 bits per heavy atom. The molecule has 0 aliphatic carbocycles. The van der Waals surface area contributed by atoms with Gasteiger partial charge in [0.15, 0.2) is 5.96 Å². The number of hydrogen-bond acceptors (Lipinski definition) is 4. The second-order valence-electron chi connectivity index (χ2n) is 3.66. The smallest absolute Gasteiger partial charge is 0.195 e. The molecule has 0 amide bonds. The molecule has 3 rings (SSSR count). The number of aliphatic imine (C=N–C) groups is 1. The third-order valence-corrected chi connectivity index (χ3v) is 2.58. The van der Waals surface area contributed by atoms with E-state index in [9.17, 15) is 0 Å². The normalized spacial score (nSPS) is 14.6. The molecule has 80 valence electrons. The summed E-state index contributed by atoms with van der Waals surface area (Å²) in [6.45, 7) is 1.75. The Morgan fingerprint density at radius 2 is 2.12 bits per heavy atom. The van der Waals surface area contributed by atoms with Gasteiger partial charge >= 0.3 is 0 Å². The van der Waals surface area contributed by atoms with Crippen LogP contribution in [0.3, 0.4) is 0 Å². The van der Waals surface area contributed by atoms with Gasteiger partial charge in [-0.3, -0.25) is 9.98 Å². The minimum atomic E-state index is 0.839. The molecule has 4 heteroatoms. The average Bonchev–Trinajstić information content (AvgIpc) is 2.82. The zero-order valence-corrected chi connectivity index (χ0v) is 8.77. The third-order valence-electron chi connectivity index (χ3n) is 2.58. The van der Waals surface area contributed by atoms with E-state index in [1.54, 1.807) is 6.20 Å². The highest BCUT2D eigenvalue weighted by Gasteiger charge is 2.07. The molecule has 16 heavy (non-hydrogen) atoms. The van der Waals surface area contributed by atoms with Crippen molar-refractivity contribution in [3.05, 3.63) is 36.5 Å². The fourth-order valence-electron chi connectivity index (χ4n) is 1.81. The lowest BCUT2D eigenvalue weighted by Crippen LogP contribution is -2.26. The first-order valence-corrected chi connectivity index (χ1v) is 5.32. The van der Waals surface area contributed by atoms with Crippen molar-refractivity contribution in [3.8, 4) is 0 Å². The predicted molar refractivity (Wildman–Crippen MR) is 65.7 cm³/mol. The maximum absolute atomic E-state index is 4.32. The van der Waals surface area contributed by atoms with Crippen molar-refractivity contribution in [2.45, 2.75) is 0 Å². The number of para-hydroxylation sites is 1. The highest BCUT2D eigenvalue weighted by atomic mass is 15.2. The van der Waals surface area contributed by atoms with Crippen LogP contribution in [0.15, 0.2) is 41.5 Å². The molecule has 1 aromatic carbocycles. The quantitative estimate of drug-likeness (QED) is 0.755. The van der Waals surface area contributed by atoms with Crippen molar-refractivity contribution in [2.75, 3.05) is 18.4 Å². The van der Waals surface area contributed by atoms with E-state index in [0.717, 1.165) is 35.6 Å². The average molecular weight is 212 g/mol. The molecule has 1 aromatic heterocycles. The summed E-state index contributed by atoms with van der Waals surface area (Å²) in [5.74, 6) is 0.844. The van der Waals surface area contributed by atoms with Gasteiger partial charge in [-0.2, -0.15) is 0 Å². The molecule has 1 aliphatic rings. The number of benzene rings is 1. The molecule has 0 unspecified atom stereocenters. The first kappa shape index (κ1) is 9.15. The standard InChI is InChI=1S/C12H12N4/c1-2-4-10-9(3-1)11(5-6-13-10)16-12-14-7-8-15-12/h1-6H,7-8H2,(H2,13,14,15,16). The van der Waals surface area contributed by atoms with E-state index in [2.05, 4.69) is 26.7 Å². The summed E-state index contributed by atoms with van der Waals surface area (Å²) >= 11 is 0. The van der Waals surface area contributed by atoms with Gasteiger partial charge in [0.1, 0.15) is 0 Å². The predicted octanol–water partition coefficient (Wildman–Crippen LogP) is 1.61. The van der Waals surface area contributed by atoms with Gasteiger partial charge in [-0.25, -0.2) is 0 Å². The van der Waals surface area contributed by atoms with Crippen LogP contribution < -0.4 is 10.6 Å². The second-order valence-corrected chi connectivity index (χ2v) is 3.66. The van der Waals surface area contributed by atoms with Gasteiger partial charge in [0.2, 0.25) is 0 Å². The van der Waals surface area contributed by atoms with Crippen molar-refractivity contribution in [1.29, 1.82) is 0 Å². The molecule has 0 spiro atoms. The first-order chi connectivity index (χ1) is 7.93. The van der Waals surface area contributed by atoms with Gasteiger partial charge < -0.3 is 10.6 Å². The summed E-state index contributed by atoms with van der Waals surface area (Å²) in [6.07, 6.45) is 1.81. The molecular formula is C12H12N4. The molecule has 1 aliphatic heterocycles. The molecule has 4 nitrogen and oxygen atoms in total. The third kappa shape index (κ3) is 1.58. The molecular weight excluding hydrogens is 200 g/mol. The van der Waals surface area contributed by atoms with Crippen LogP contribution in [0.25, 0.3) is 10.9 Å². The maximum atomic E-state index is 4.32. The molecule has 2 heterocycles. The zero-order valence-electron chi connectivity index (χ0n) is 8.77. The van der Waals surface area contributed by atoms with E-state index < -0.39 is 0 Å². The van der Waals surface area contributed by atoms with Crippen molar-refractivity contribution in [3.63, 3.8) is 0 Å². The van der Waals surface area contributed by atoms with Gasteiger partial charge in [-0.15, -0.1) is 0 Å². The number of pyridine rings is 1. The van der Waals surface area contributed by atoms with Crippen LogP contribution in [-0.2, 0) is 0 Å². The molecule has 0 saturated carbocycles. The Morgan fingerprint density at radius 1 is 1.19 bits per heavy atom. The number of fused-ring (bicyclic) bond motifs is 1. The number of guanidine groups is 1. The Balaban J connectivity index is 2.02. The van der Waals surface area contributed by atoms with Gasteiger partial charge in [-0.05, 0) is 12.1 Å². The van der Waals surface area contributed by atoms with E-state index in [4.69, 9.17) is 0 Å². The minimum Gasteiger partial charge on any atom is -0.354 e. The van der Waals surface area contributed by atoms with Crippen molar-refractivity contribution < 1.29 is 0 Å². The summed E-state index contributed by atoms with van der Waals surface area (Å²) in [5.41, 5.74) is 2.03. The van der Waals surface area contributed by atoms with Crippen LogP contribution in [0, 0.1) is 0 Å². The Kier molecular flexibility index (Phi) is 2.18. The maximum Gasteiger partial charge on any atom is 0.195 e. The van der Waals surface area contributed by atoms with E-state index in [1.165, 1.54) is 0 Å². The molecule has 2 N–H and O–H groups in total. The SMILES string of the molecule is c1ccc2c(NC3=NCCN3)ccnc2c1. The van der Waals surface area contributed by atoms with Crippen molar-refractivity contribution >= 4 is 22.5 Å². The molecule has 0 bridgehead atoms. The fraction of sp³-hybridized carbons (Fsp3) is 0.167. The Hall–Kier alpha value is -2.10. The summed E-state index contributed by atoms with van der Waals surface area (Å²) in [6, 6.07) is 10.0. The lowest BCUT2D eigenvalue weighted by atomic mass is 10.2. The Labute approximate surface area is 93.4 Å². The van der Waals surface area contributed by atoms with Crippen LogP contribution in [0.4, 0.5) is 5.69 Å². The molecule has 0 saturated heterocycles. The number of aromatic nitrogens is 1. The van der Waals surface area contributed by atoms with Gasteiger partial charge in [0, 0.05) is 18.1 Å². The van der Waals surface area contributed by atoms with Crippen LogP contribution in [0.1, 0.15) is 0 Å². The number of hydrogen-bond donors (Lipinski definition) is 2. The molecule has 0 atom stereocenters. The number of nitrogens with one attached hydrogen (secondary N) is 2. The second kappa shape index (κ2) is 3.81. The highest BCUT2D eigenvalue weighted by Crippen LogP contribution is 2.20. The summed E-state index contributed by atoms with van der Waals surface area (Å²) in [4.78, 5) is 8.63. The van der Waals surface area contributed by atoms with Crippen LogP contribution in [0.2, 0.25) is 0 Å². The number of rotatable bonds is 1. The van der Waals surface area contributed by atoms with E-state index >= 15 is 0 Å². The van der Waals surface area contributed by atoms with Crippen molar-refractivity contribution in [1.82, 2.24) is 10.3 Å². The minimum absolute atomic E-state index is 0.839. The van der Waals surface area contributed by atoms with Gasteiger partial charge in [-0.1, -0.05) is 18.2 Å². The molecule has 0 radical (unpaired) electrons. The van der Waals surface area contributed by atoms with Crippen LogP contribution in [-0.4, -0.2) is 24.0 Å². The van der Waals surface area contributed by atoms with E-state index in [0.29, 0.717) is 0 Å². The number of nitrogens with zero attached hydrogens (tertiary/aromatic N) is 2. The first-order valence-electron chi connectivity index (χ1n) is 5.32. The lowest BCUT2D eigenvalue weighted by molar-refractivity contribution is 0.959.